The summed E-state index contributed by atoms with van der Waals surface area (Å²) >= 11 is 0. The van der Waals surface area contributed by atoms with E-state index >= 15 is 0 Å². The largest absolute Gasteiger partial charge is 0.493 e. The molecule has 0 radical (unpaired) electrons. The molecule has 136 valence electrons. The summed E-state index contributed by atoms with van der Waals surface area (Å²) in [4.78, 5) is 15.5. The van der Waals surface area contributed by atoms with Gasteiger partial charge in [-0.15, -0.1) is 0 Å². The van der Waals surface area contributed by atoms with Crippen molar-refractivity contribution < 1.29 is 9.53 Å². The number of aryl methyl sites for hydroxylation is 3. The fraction of sp³-hybridized carbons (Fsp3) is 0.333. The lowest BCUT2D eigenvalue weighted by atomic mass is 10.1. The van der Waals surface area contributed by atoms with Gasteiger partial charge >= 0.3 is 0 Å². The highest BCUT2D eigenvalue weighted by atomic mass is 16.5. The van der Waals surface area contributed by atoms with E-state index in [-0.39, 0.29) is 6.04 Å². The SMILES string of the molecule is Cc1ccc(OCCCn2c(C(C)NC=O)nc3ccccc32)c(C)c1. The number of para-hydroxylation sites is 2. The molecule has 3 aromatic rings. The topological polar surface area (TPSA) is 56.1 Å². The van der Waals surface area contributed by atoms with E-state index in [9.17, 15) is 4.79 Å². The highest BCUT2D eigenvalue weighted by Gasteiger charge is 2.15. The lowest BCUT2D eigenvalue weighted by molar-refractivity contribution is -0.110. The van der Waals surface area contributed by atoms with Gasteiger partial charge in [0.15, 0.2) is 0 Å². The third-order valence-corrected chi connectivity index (χ3v) is 4.50. The lowest BCUT2D eigenvalue weighted by Crippen LogP contribution is -2.21. The summed E-state index contributed by atoms with van der Waals surface area (Å²) < 4.78 is 8.11. The molecule has 26 heavy (non-hydrogen) atoms. The van der Waals surface area contributed by atoms with Crippen LogP contribution in [-0.4, -0.2) is 22.6 Å². The quantitative estimate of drug-likeness (QED) is 0.494. The van der Waals surface area contributed by atoms with Gasteiger partial charge in [0.2, 0.25) is 6.41 Å². The van der Waals surface area contributed by atoms with Crippen molar-refractivity contribution in [2.75, 3.05) is 6.61 Å². The van der Waals surface area contributed by atoms with Crippen LogP contribution in [0.2, 0.25) is 0 Å². The molecule has 5 heteroatoms. The lowest BCUT2D eigenvalue weighted by Gasteiger charge is -2.15. The Bertz CT molecular complexity index is 901. The van der Waals surface area contributed by atoms with E-state index in [1.807, 2.05) is 31.2 Å². The van der Waals surface area contributed by atoms with E-state index in [4.69, 9.17) is 9.72 Å². The standard InChI is InChI=1S/C21H25N3O2/c1-15-9-10-20(16(2)13-15)26-12-6-11-24-19-8-5-4-7-18(19)23-21(24)17(3)22-14-25/h4-5,7-10,13-14,17H,6,11-12H2,1-3H3,(H,22,25). The molecule has 1 aromatic heterocycles. The molecule has 0 aliphatic rings. The van der Waals surface area contributed by atoms with Gasteiger partial charge in [0.05, 0.1) is 23.7 Å². The van der Waals surface area contributed by atoms with Crippen LogP contribution in [-0.2, 0) is 11.3 Å². The summed E-state index contributed by atoms with van der Waals surface area (Å²) in [7, 11) is 0. The number of hydrogen-bond acceptors (Lipinski definition) is 3. The molecule has 0 bridgehead atoms. The second-order valence-corrected chi connectivity index (χ2v) is 6.59. The van der Waals surface area contributed by atoms with Crippen molar-refractivity contribution in [1.82, 2.24) is 14.9 Å². The molecule has 0 fully saturated rings. The first-order valence-corrected chi connectivity index (χ1v) is 8.95. The van der Waals surface area contributed by atoms with E-state index < -0.39 is 0 Å². The third-order valence-electron chi connectivity index (χ3n) is 4.50. The zero-order valence-corrected chi connectivity index (χ0v) is 15.5. The summed E-state index contributed by atoms with van der Waals surface area (Å²) in [6.07, 6.45) is 1.58. The second kappa shape index (κ2) is 8.04. The van der Waals surface area contributed by atoms with Gasteiger partial charge < -0.3 is 14.6 Å². The average Bonchev–Trinajstić information content (AvgIpc) is 2.99. The van der Waals surface area contributed by atoms with Crippen LogP contribution in [0.15, 0.2) is 42.5 Å². The highest BCUT2D eigenvalue weighted by Crippen LogP contribution is 2.22. The number of ether oxygens (including phenoxy) is 1. The molecule has 1 unspecified atom stereocenters. The van der Waals surface area contributed by atoms with Gasteiger partial charge in [0.1, 0.15) is 11.6 Å². The predicted octanol–water partition coefficient (Wildman–Crippen LogP) is 3.93. The maximum absolute atomic E-state index is 10.8. The maximum atomic E-state index is 10.8. The Morgan fingerprint density at radius 1 is 1.23 bits per heavy atom. The van der Waals surface area contributed by atoms with Gasteiger partial charge in [-0.3, -0.25) is 4.79 Å². The fourth-order valence-electron chi connectivity index (χ4n) is 3.20. The van der Waals surface area contributed by atoms with Crippen LogP contribution >= 0.6 is 0 Å². The first kappa shape index (κ1) is 18.0. The van der Waals surface area contributed by atoms with Crippen LogP contribution < -0.4 is 10.1 Å². The first-order chi connectivity index (χ1) is 12.6. The van der Waals surface area contributed by atoms with Gasteiger partial charge in [-0.05, 0) is 51.0 Å². The normalized spacial score (nSPS) is 12.1. The van der Waals surface area contributed by atoms with Crippen molar-refractivity contribution in [3.8, 4) is 5.75 Å². The number of fused-ring (bicyclic) bond motifs is 1. The number of rotatable bonds is 8. The van der Waals surface area contributed by atoms with Gasteiger partial charge in [0.25, 0.3) is 0 Å². The highest BCUT2D eigenvalue weighted by molar-refractivity contribution is 5.76. The van der Waals surface area contributed by atoms with Crippen molar-refractivity contribution in [2.24, 2.45) is 0 Å². The number of benzene rings is 2. The van der Waals surface area contributed by atoms with Crippen LogP contribution in [0.5, 0.6) is 5.75 Å². The average molecular weight is 351 g/mol. The molecule has 1 N–H and O–H groups in total. The number of aromatic nitrogens is 2. The molecule has 0 saturated carbocycles. The summed E-state index contributed by atoms with van der Waals surface area (Å²) in [5.74, 6) is 1.80. The minimum absolute atomic E-state index is 0.139. The molecule has 0 saturated heterocycles. The fourth-order valence-corrected chi connectivity index (χ4v) is 3.20. The number of carbonyl (C=O) groups excluding carboxylic acids is 1. The van der Waals surface area contributed by atoms with Crippen molar-refractivity contribution in [3.05, 3.63) is 59.4 Å². The Morgan fingerprint density at radius 2 is 2.04 bits per heavy atom. The molecule has 1 atom stereocenters. The van der Waals surface area contributed by atoms with E-state index in [0.717, 1.165) is 47.5 Å². The Balaban J connectivity index is 1.71. The van der Waals surface area contributed by atoms with Gasteiger partial charge in [0, 0.05) is 6.54 Å². The summed E-state index contributed by atoms with van der Waals surface area (Å²) in [6, 6.07) is 14.1. The summed E-state index contributed by atoms with van der Waals surface area (Å²) in [6.45, 7) is 7.50. The number of nitrogens with zero attached hydrogens (tertiary/aromatic N) is 2. The third kappa shape index (κ3) is 3.87. The van der Waals surface area contributed by atoms with Gasteiger partial charge in [-0.1, -0.05) is 29.8 Å². The first-order valence-electron chi connectivity index (χ1n) is 8.95. The zero-order chi connectivity index (χ0) is 18.5. The van der Waals surface area contributed by atoms with Crippen LogP contribution in [0, 0.1) is 13.8 Å². The van der Waals surface area contributed by atoms with E-state index in [0.29, 0.717) is 6.61 Å². The Hall–Kier alpha value is -2.82. The Morgan fingerprint density at radius 3 is 2.81 bits per heavy atom. The summed E-state index contributed by atoms with van der Waals surface area (Å²) in [5, 5.41) is 2.80. The van der Waals surface area contributed by atoms with E-state index in [1.54, 1.807) is 0 Å². The van der Waals surface area contributed by atoms with Crippen molar-refractivity contribution >= 4 is 17.4 Å². The molecule has 5 nitrogen and oxygen atoms in total. The number of hydrogen-bond donors (Lipinski definition) is 1. The minimum atomic E-state index is -0.139. The van der Waals surface area contributed by atoms with E-state index in [2.05, 4.69) is 41.9 Å². The van der Waals surface area contributed by atoms with Crippen molar-refractivity contribution in [3.63, 3.8) is 0 Å². The number of amides is 1. The second-order valence-electron chi connectivity index (χ2n) is 6.59. The summed E-state index contributed by atoms with van der Waals surface area (Å²) in [5.41, 5.74) is 4.41. The van der Waals surface area contributed by atoms with Crippen molar-refractivity contribution in [1.29, 1.82) is 0 Å². The molecule has 0 aliphatic carbocycles. The van der Waals surface area contributed by atoms with Gasteiger partial charge in [-0.2, -0.15) is 0 Å². The van der Waals surface area contributed by atoms with Crippen molar-refractivity contribution in [2.45, 2.75) is 39.8 Å². The molecule has 2 aromatic carbocycles. The maximum Gasteiger partial charge on any atom is 0.207 e. The Kier molecular flexibility index (Phi) is 5.56. The monoisotopic (exact) mass is 351 g/mol. The van der Waals surface area contributed by atoms with E-state index in [1.165, 1.54) is 5.56 Å². The number of imidazole rings is 1. The molecule has 1 heterocycles. The smallest absolute Gasteiger partial charge is 0.207 e. The van der Waals surface area contributed by atoms with Crippen LogP contribution in [0.1, 0.15) is 36.3 Å². The number of nitrogens with one attached hydrogen (secondary N) is 1. The minimum Gasteiger partial charge on any atom is -0.493 e. The van der Waals surface area contributed by atoms with Crippen LogP contribution in [0.25, 0.3) is 11.0 Å². The molecular formula is C21H25N3O2. The van der Waals surface area contributed by atoms with Crippen LogP contribution in [0.3, 0.4) is 0 Å². The van der Waals surface area contributed by atoms with Crippen LogP contribution in [0.4, 0.5) is 0 Å². The molecule has 0 aliphatic heterocycles. The zero-order valence-electron chi connectivity index (χ0n) is 15.5. The Labute approximate surface area is 154 Å². The molecule has 1 amide bonds. The van der Waals surface area contributed by atoms with Gasteiger partial charge in [-0.25, -0.2) is 4.98 Å². The molecular weight excluding hydrogens is 326 g/mol. The molecule has 0 spiro atoms. The number of carbonyl (C=O) groups is 1. The predicted molar refractivity (Wildman–Crippen MR) is 103 cm³/mol. The molecule has 3 rings (SSSR count).